The predicted octanol–water partition coefficient (Wildman–Crippen LogP) is 3.58. The van der Waals surface area contributed by atoms with Gasteiger partial charge in [-0.2, -0.15) is 9.40 Å². The van der Waals surface area contributed by atoms with Crippen LogP contribution in [0.1, 0.15) is 16.8 Å². The first-order chi connectivity index (χ1) is 11.4. The number of nitrogens with one attached hydrogen (secondary N) is 1. The van der Waals surface area contributed by atoms with Crippen molar-refractivity contribution in [2.24, 2.45) is 0 Å². The maximum absolute atomic E-state index is 12.8. The highest BCUT2D eigenvalue weighted by Crippen LogP contribution is 2.33. The monoisotopic (exact) mass is 361 g/mol. The highest BCUT2D eigenvalue weighted by Gasteiger charge is 2.24. The van der Waals surface area contributed by atoms with E-state index in [0.717, 1.165) is 27.4 Å². The summed E-state index contributed by atoms with van der Waals surface area (Å²) in [5.41, 5.74) is 3.80. The summed E-state index contributed by atoms with van der Waals surface area (Å²) in [5, 5.41) is 7.21. The minimum absolute atomic E-state index is 0.330. The molecule has 7 heteroatoms. The number of aryl methyl sites for hydroxylation is 1. The van der Waals surface area contributed by atoms with Gasteiger partial charge in [-0.1, -0.05) is 30.3 Å². The Bertz CT molecular complexity index is 943. The number of thiophene rings is 1. The molecule has 24 heavy (non-hydrogen) atoms. The lowest BCUT2D eigenvalue weighted by molar-refractivity contribution is 0.468. The van der Waals surface area contributed by atoms with Crippen molar-refractivity contribution in [3.63, 3.8) is 0 Å². The summed E-state index contributed by atoms with van der Waals surface area (Å²) in [6.07, 6.45) is 0. The van der Waals surface area contributed by atoms with E-state index in [9.17, 15) is 8.42 Å². The fourth-order valence-electron chi connectivity index (χ4n) is 2.39. The third-order valence-corrected chi connectivity index (χ3v) is 7.34. The molecular formula is C17H19N3O2S2. The van der Waals surface area contributed by atoms with Gasteiger partial charge in [0.15, 0.2) is 0 Å². The fourth-order valence-corrected chi connectivity index (χ4v) is 5.11. The summed E-state index contributed by atoms with van der Waals surface area (Å²) in [4.78, 5) is 0.850. The zero-order chi connectivity index (χ0) is 17.3. The van der Waals surface area contributed by atoms with E-state index in [4.69, 9.17) is 0 Å². The summed E-state index contributed by atoms with van der Waals surface area (Å²) in [6, 6.07) is 13.0. The fraction of sp³-hybridized carbons (Fsp3) is 0.235. The average Bonchev–Trinajstić information content (AvgIpc) is 3.17. The highest BCUT2D eigenvalue weighted by molar-refractivity contribution is 7.91. The largest absolute Gasteiger partial charge is 0.282 e. The number of aromatic amines is 1. The first-order valence-electron chi connectivity index (χ1n) is 7.51. The minimum Gasteiger partial charge on any atom is -0.282 e. The van der Waals surface area contributed by atoms with Crippen molar-refractivity contribution < 1.29 is 8.42 Å². The molecule has 0 fully saturated rings. The zero-order valence-electron chi connectivity index (χ0n) is 13.8. The van der Waals surface area contributed by atoms with Crippen molar-refractivity contribution in [3.05, 3.63) is 59.3 Å². The van der Waals surface area contributed by atoms with Crippen LogP contribution >= 0.6 is 11.3 Å². The van der Waals surface area contributed by atoms with Crippen molar-refractivity contribution >= 4 is 21.4 Å². The van der Waals surface area contributed by atoms with Crippen LogP contribution in [0.4, 0.5) is 0 Å². The van der Waals surface area contributed by atoms with E-state index < -0.39 is 10.0 Å². The molecule has 126 valence electrons. The van der Waals surface area contributed by atoms with E-state index in [2.05, 4.69) is 10.2 Å². The highest BCUT2D eigenvalue weighted by atomic mass is 32.2. The Hall–Kier alpha value is -1.96. The summed E-state index contributed by atoms with van der Waals surface area (Å²) in [7, 11) is -1.91. The molecule has 2 aromatic heterocycles. The van der Waals surface area contributed by atoms with Crippen molar-refractivity contribution in [1.29, 1.82) is 0 Å². The van der Waals surface area contributed by atoms with Gasteiger partial charge in [0.05, 0.1) is 4.88 Å². The Labute approximate surface area is 146 Å². The van der Waals surface area contributed by atoms with E-state index in [1.165, 1.54) is 15.6 Å². The van der Waals surface area contributed by atoms with Crippen LogP contribution in [0, 0.1) is 13.8 Å². The van der Waals surface area contributed by atoms with Crippen LogP contribution in [-0.4, -0.2) is 30.0 Å². The lowest BCUT2D eigenvalue weighted by Gasteiger charge is -2.15. The zero-order valence-corrected chi connectivity index (χ0v) is 15.4. The minimum atomic E-state index is -3.52. The SMILES string of the molecule is Cc1[nH]nc(-c2ccc(S(=O)(=O)N(C)Cc3ccccc3)s2)c1C. The van der Waals surface area contributed by atoms with E-state index in [1.54, 1.807) is 13.1 Å². The molecule has 0 aliphatic heterocycles. The molecule has 1 aromatic carbocycles. The molecule has 3 rings (SSSR count). The summed E-state index contributed by atoms with van der Waals surface area (Å²) < 4.78 is 27.3. The Kier molecular flexibility index (Phi) is 4.58. The molecular weight excluding hydrogens is 342 g/mol. The molecule has 0 saturated carbocycles. The maximum atomic E-state index is 12.8. The van der Waals surface area contributed by atoms with Gasteiger partial charge in [0.2, 0.25) is 0 Å². The predicted molar refractivity (Wildman–Crippen MR) is 96.5 cm³/mol. The number of hydrogen-bond acceptors (Lipinski definition) is 4. The first kappa shape index (κ1) is 16.9. The van der Waals surface area contributed by atoms with Gasteiger partial charge in [-0.15, -0.1) is 11.3 Å². The maximum Gasteiger partial charge on any atom is 0.252 e. The number of sulfonamides is 1. The number of H-pyrrole nitrogens is 1. The third-order valence-electron chi connectivity index (χ3n) is 3.98. The topological polar surface area (TPSA) is 66.1 Å². The Morgan fingerprint density at radius 1 is 1.12 bits per heavy atom. The van der Waals surface area contributed by atoms with Gasteiger partial charge in [0.1, 0.15) is 9.90 Å². The molecule has 0 atom stereocenters. The van der Waals surface area contributed by atoms with Crippen LogP contribution < -0.4 is 0 Å². The third kappa shape index (κ3) is 3.15. The van der Waals surface area contributed by atoms with Crippen molar-refractivity contribution in [1.82, 2.24) is 14.5 Å². The van der Waals surface area contributed by atoms with Gasteiger partial charge in [0, 0.05) is 19.3 Å². The van der Waals surface area contributed by atoms with Crippen LogP contribution in [0.3, 0.4) is 0 Å². The van der Waals surface area contributed by atoms with Crippen LogP contribution in [0.2, 0.25) is 0 Å². The molecule has 0 unspecified atom stereocenters. The van der Waals surface area contributed by atoms with Gasteiger partial charge in [-0.25, -0.2) is 8.42 Å². The molecule has 5 nitrogen and oxygen atoms in total. The van der Waals surface area contributed by atoms with Gasteiger partial charge in [-0.3, -0.25) is 5.10 Å². The van der Waals surface area contributed by atoms with Crippen LogP contribution in [-0.2, 0) is 16.6 Å². The van der Waals surface area contributed by atoms with Gasteiger partial charge < -0.3 is 0 Å². The molecule has 0 amide bonds. The molecule has 0 bridgehead atoms. The smallest absolute Gasteiger partial charge is 0.252 e. The molecule has 1 N–H and O–H groups in total. The quantitative estimate of drug-likeness (QED) is 0.755. The number of hydrogen-bond donors (Lipinski definition) is 1. The number of benzene rings is 1. The van der Waals surface area contributed by atoms with Crippen molar-refractivity contribution in [2.45, 2.75) is 24.6 Å². The Morgan fingerprint density at radius 3 is 2.46 bits per heavy atom. The Balaban J connectivity index is 1.87. The second kappa shape index (κ2) is 6.51. The summed E-state index contributed by atoms with van der Waals surface area (Å²) >= 11 is 1.25. The van der Waals surface area contributed by atoms with Crippen LogP contribution in [0.5, 0.6) is 0 Å². The molecule has 3 aromatic rings. The molecule has 0 aliphatic carbocycles. The molecule has 0 saturated heterocycles. The van der Waals surface area contributed by atoms with Crippen molar-refractivity contribution in [3.8, 4) is 10.6 Å². The van der Waals surface area contributed by atoms with E-state index in [0.29, 0.717) is 10.8 Å². The lowest BCUT2D eigenvalue weighted by Crippen LogP contribution is -2.25. The summed E-state index contributed by atoms with van der Waals surface area (Å²) in [5.74, 6) is 0. The lowest BCUT2D eigenvalue weighted by atomic mass is 10.2. The molecule has 0 spiro atoms. The van der Waals surface area contributed by atoms with Crippen LogP contribution in [0.15, 0.2) is 46.7 Å². The van der Waals surface area contributed by atoms with Gasteiger partial charge >= 0.3 is 0 Å². The van der Waals surface area contributed by atoms with Gasteiger partial charge in [-0.05, 0) is 37.1 Å². The molecule has 0 aliphatic rings. The first-order valence-corrected chi connectivity index (χ1v) is 9.77. The number of aromatic nitrogens is 2. The van der Waals surface area contributed by atoms with E-state index in [1.807, 2.05) is 50.2 Å². The van der Waals surface area contributed by atoms with E-state index >= 15 is 0 Å². The normalized spacial score (nSPS) is 12.0. The standard InChI is InChI=1S/C17H19N3O2S2/c1-12-13(2)18-19-17(12)15-9-10-16(23-15)24(21,22)20(3)11-14-7-5-4-6-8-14/h4-10H,11H2,1-3H3,(H,18,19). The summed E-state index contributed by atoms with van der Waals surface area (Å²) in [6.45, 7) is 4.27. The van der Waals surface area contributed by atoms with E-state index in [-0.39, 0.29) is 0 Å². The average molecular weight is 361 g/mol. The molecule has 2 heterocycles. The van der Waals surface area contributed by atoms with Gasteiger partial charge in [0.25, 0.3) is 10.0 Å². The molecule has 0 radical (unpaired) electrons. The van der Waals surface area contributed by atoms with Crippen molar-refractivity contribution in [2.75, 3.05) is 7.05 Å². The number of nitrogens with zero attached hydrogens (tertiary/aromatic N) is 2. The second-order valence-electron chi connectivity index (χ2n) is 5.69. The Morgan fingerprint density at radius 2 is 1.83 bits per heavy atom. The van der Waals surface area contributed by atoms with Crippen LogP contribution in [0.25, 0.3) is 10.6 Å². The second-order valence-corrected chi connectivity index (χ2v) is 9.04. The number of rotatable bonds is 5.